The molecule has 0 amide bonds. The number of hydrogen-bond acceptors (Lipinski definition) is 2. The van der Waals surface area contributed by atoms with Crippen LogP contribution in [-0.4, -0.2) is 15.8 Å². The Kier molecular flexibility index (Phi) is 3.13. The highest BCUT2D eigenvalue weighted by molar-refractivity contribution is 6.16. The highest BCUT2D eigenvalue weighted by Gasteiger charge is 2.23. The van der Waals surface area contributed by atoms with Gasteiger partial charge in [-0.3, -0.25) is 9.78 Å². The number of ketones is 1. The lowest BCUT2D eigenvalue weighted by Gasteiger charge is -2.22. The summed E-state index contributed by atoms with van der Waals surface area (Å²) >= 11 is 0. The van der Waals surface area contributed by atoms with Gasteiger partial charge >= 0.3 is 0 Å². The summed E-state index contributed by atoms with van der Waals surface area (Å²) in [4.78, 5) is 20.2. The molecule has 0 saturated carbocycles. The summed E-state index contributed by atoms with van der Waals surface area (Å²) in [7, 11) is 0. The summed E-state index contributed by atoms with van der Waals surface area (Å²) in [5.41, 5.74) is 3.36. The number of hydrogen-bond donors (Lipinski definition) is 1. The first kappa shape index (κ1) is 13.6. The molecule has 0 radical (unpaired) electrons. The molecular formula is C18H18N2O. The van der Waals surface area contributed by atoms with Crippen molar-refractivity contribution in [1.29, 1.82) is 0 Å². The first-order valence-corrected chi connectivity index (χ1v) is 7.04. The van der Waals surface area contributed by atoms with Crippen LogP contribution in [0.15, 0.2) is 48.9 Å². The monoisotopic (exact) mass is 278 g/mol. The Labute approximate surface area is 124 Å². The first-order chi connectivity index (χ1) is 9.98. The molecule has 1 N–H and O–H groups in total. The zero-order valence-corrected chi connectivity index (χ0v) is 12.5. The molecule has 1 aromatic carbocycles. The number of aromatic nitrogens is 2. The van der Waals surface area contributed by atoms with Gasteiger partial charge in [-0.05, 0) is 17.0 Å². The number of fused-ring (bicyclic) bond motifs is 1. The van der Waals surface area contributed by atoms with Crippen LogP contribution in [0.4, 0.5) is 0 Å². The van der Waals surface area contributed by atoms with Gasteiger partial charge in [-0.1, -0.05) is 45.0 Å². The fraction of sp³-hybridized carbons (Fsp3) is 0.222. The summed E-state index contributed by atoms with van der Waals surface area (Å²) in [5, 5.41) is 0.867. The van der Waals surface area contributed by atoms with Crippen LogP contribution in [0.1, 0.15) is 42.3 Å². The molecule has 0 spiro atoms. The lowest BCUT2D eigenvalue weighted by atomic mass is 9.82. The quantitative estimate of drug-likeness (QED) is 0.717. The molecule has 106 valence electrons. The van der Waals surface area contributed by atoms with Crippen LogP contribution >= 0.6 is 0 Å². The normalized spacial score (nSPS) is 11.8. The Morgan fingerprint density at radius 1 is 1.10 bits per heavy atom. The number of aromatic amines is 1. The van der Waals surface area contributed by atoms with Crippen LogP contribution in [0.3, 0.4) is 0 Å². The Bertz CT molecular complexity index is 809. The van der Waals surface area contributed by atoms with E-state index in [-0.39, 0.29) is 11.2 Å². The molecule has 0 fully saturated rings. The molecule has 3 aromatic rings. The predicted molar refractivity (Wildman–Crippen MR) is 84.7 cm³/mol. The number of benzene rings is 1. The standard InChI is InChI=1S/C18H18N2O/c1-18(2,3)15-7-5-4-6-12(15)17(21)14-11-20-16-8-9-19-10-13(14)16/h4-11,20H,1-3H3. The van der Waals surface area contributed by atoms with Gasteiger partial charge in [0.15, 0.2) is 5.78 Å². The van der Waals surface area contributed by atoms with Crippen LogP contribution in [0, 0.1) is 0 Å². The van der Waals surface area contributed by atoms with Gasteiger partial charge in [0.05, 0.1) is 0 Å². The molecule has 0 atom stereocenters. The van der Waals surface area contributed by atoms with Crippen LogP contribution in [0.5, 0.6) is 0 Å². The van der Waals surface area contributed by atoms with E-state index in [2.05, 4.69) is 30.7 Å². The largest absolute Gasteiger partial charge is 0.360 e. The van der Waals surface area contributed by atoms with Crippen molar-refractivity contribution in [1.82, 2.24) is 9.97 Å². The number of H-pyrrole nitrogens is 1. The number of carbonyl (C=O) groups excluding carboxylic acids is 1. The summed E-state index contributed by atoms with van der Waals surface area (Å²) in [6.07, 6.45) is 5.23. The van der Waals surface area contributed by atoms with Crippen LogP contribution < -0.4 is 0 Å². The highest BCUT2D eigenvalue weighted by atomic mass is 16.1. The van der Waals surface area contributed by atoms with E-state index in [1.54, 1.807) is 18.6 Å². The maximum Gasteiger partial charge on any atom is 0.195 e. The molecule has 0 aliphatic carbocycles. The van der Waals surface area contributed by atoms with Crippen LogP contribution in [0.2, 0.25) is 0 Å². The lowest BCUT2D eigenvalue weighted by molar-refractivity contribution is 0.103. The van der Waals surface area contributed by atoms with Gasteiger partial charge in [-0.2, -0.15) is 0 Å². The molecule has 2 heterocycles. The van der Waals surface area contributed by atoms with E-state index in [1.165, 1.54) is 0 Å². The molecule has 0 unspecified atom stereocenters. The Morgan fingerprint density at radius 3 is 2.62 bits per heavy atom. The van der Waals surface area contributed by atoms with E-state index in [1.807, 2.05) is 30.3 Å². The molecule has 0 aliphatic heterocycles. The third-order valence-electron chi connectivity index (χ3n) is 3.71. The van der Waals surface area contributed by atoms with Crippen molar-refractivity contribution in [3.8, 4) is 0 Å². The molecule has 0 bridgehead atoms. The summed E-state index contributed by atoms with van der Waals surface area (Å²) in [5.74, 6) is 0.0415. The molecule has 3 nitrogen and oxygen atoms in total. The third kappa shape index (κ3) is 2.35. The van der Waals surface area contributed by atoms with Gasteiger partial charge < -0.3 is 4.98 Å². The minimum absolute atomic E-state index is 0.0415. The van der Waals surface area contributed by atoms with Gasteiger partial charge in [0.2, 0.25) is 0 Å². The fourth-order valence-electron chi connectivity index (χ4n) is 2.63. The predicted octanol–water partition coefficient (Wildman–Crippen LogP) is 4.09. The zero-order chi connectivity index (χ0) is 15.0. The molecule has 3 heteroatoms. The smallest absolute Gasteiger partial charge is 0.195 e. The highest BCUT2D eigenvalue weighted by Crippen LogP contribution is 2.29. The molecule has 2 aromatic heterocycles. The Hall–Kier alpha value is -2.42. The number of pyridine rings is 1. The van der Waals surface area contributed by atoms with Crippen LogP contribution in [0.25, 0.3) is 10.9 Å². The zero-order valence-electron chi connectivity index (χ0n) is 12.5. The summed E-state index contributed by atoms with van der Waals surface area (Å²) in [6, 6.07) is 9.70. The Balaban J connectivity index is 2.16. The van der Waals surface area contributed by atoms with E-state index in [0.29, 0.717) is 5.56 Å². The van der Waals surface area contributed by atoms with Gasteiger partial charge in [-0.25, -0.2) is 0 Å². The van der Waals surface area contributed by atoms with E-state index >= 15 is 0 Å². The van der Waals surface area contributed by atoms with Crippen molar-refractivity contribution in [2.75, 3.05) is 0 Å². The molecular weight excluding hydrogens is 260 g/mol. The number of nitrogens with one attached hydrogen (secondary N) is 1. The van der Waals surface area contributed by atoms with Crippen LogP contribution in [-0.2, 0) is 5.41 Å². The first-order valence-electron chi connectivity index (χ1n) is 7.04. The lowest BCUT2D eigenvalue weighted by Crippen LogP contribution is -2.17. The Morgan fingerprint density at radius 2 is 1.86 bits per heavy atom. The fourth-order valence-corrected chi connectivity index (χ4v) is 2.63. The van der Waals surface area contributed by atoms with E-state index in [4.69, 9.17) is 0 Å². The minimum atomic E-state index is -0.0728. The second-order valence-electron chi connectivity index (χ2n) is 6.25. The van der Waals surface area contributed by atoms with Crippen molar-refractivity contribution in [2.45, 2.75) is 26.2 Å². The second kappa shape index (κ2) is 4.85. The number of nitrogens with zero attached hydrogens (tertiary/aromatic N) is 1. The maximum absolute atomic E-state index is 12.9. The topological polar surface area (TPSA) is 45.8 Å². The van der Waals surface area contributed by atoms with Crippen molar-refractivity contribution in [2.24, 2.45) is 0 Å². The minimum Gasteiger partial charge on any atom is -0.360 e. The van der Waals surface area contributed by atoms with Crippen molar-refractivity contribution >= 4 is 16.7 Å². The number of carbonyl (C=O) groups is 1. The number of rotatable bonds is 2. The van der Waals surface area contributed by atoms with Gasteiger partial charge in [0.1, 0.15) is 0 Å². The van der Waals surface area contributed by atoms with Crippen molar-refractivity contribution in [3.63, 3.8) is 0 Å². The van der Waals surface area contributed by atoms with Crippen molar-refractivity contribution < 1.29 is 4.79 Å². The van der Waals surface area contributed by atoms with Gasteiger partial charge in [0.25, 0.3) is 0 Å². The molecule has 3 rings (SSSR count). The summed E-state index contributed by atoms with van der Waals surface area (Å²) in [6.45, 7) is 6.36. The third-order valence-corrected chi connectivity index (χ3v) is 3.71. The average molecular weight is 278 g/mol. The van der Waals surface area contributed by atoms with E-state index in [0.717, 1.165) is 22.0 Å². The average Bonchev–Trinajstić information content (AvgIpc) is 2.89. The van der Waals surface area contributed by atoms with Crippen molar-refractivity contribution in [3.05, 3.63) is 65.6 Å². The second-order valence-corrected chi connectivity index (χ2v) is 6.25. The molecule has 0 aliphatic rings. The molecule has 0 saturated heterocycles. The molecule has 21 heavy (non-hydrogen) atoms. The van der Waals surface area contributed by atoms with E-state index < -0.39 is 0 Å². The maximum atomic E-state index is 12.9. The SMILES string of the molecule is CC(C)(C)c1ccccc1C(=O)c1c[nH]c2ccncc12. The summed E-state index contributed by atoms with van der Waals surface area (Å²) < 4.78 is 0. The van der Waals surface area contributed by atoms with E-state index in [9.17, 15) is 4.79 Å². The van der Waals surface area contributed by atoms with Gasteiger partial charge in [-0.15, -0.1) is 0 Å². The van der Waals surface area contributed by atoms with Gasteiger partial charge in [0, 0.05) is 40.6 Å².